The van der Waals surface area contributed by atoms with Crippen molar-refractivity contribution in [2.24, 2.45) is 0 Å². The molecular weight excluding hydrogens is 320 g/mol. The summed E-state index contributed by atoms with van der Waals surface area (Å²) in [5.41, 5.74) is 0.503. The molecule has 1 N–H and O–H groups in total. The SMILES string of the molecule is N#C/C(=C/c1cc2c(cc1Cl)OCO2)C(=O)NC[C@H]1CCCO1. The Balaban J connectivity index is 1.73. The van der Waals surface area contributed by atoms with Gasteiger partial charge in [-0.15, -0.1) is 0 Å². The third-order valence-electron chi connectivity index (χ3n) is 3.67. The van der Waals surface area contributed by atoms with Crippen molar-refractivity contribution in [3.05, 3.63) is 28.3 Å². The maximum absolute atomic E-state index is 12.1. The Hall–Kier alpha value is -2.23. The van der Waals surface area contributed by atoms with Crippen molar-refractivity contribution in [2.45, 2.75) is 18.9 Å². The molecule has 1 aromatic rings. The van der Waals surface area contributed by atoms with E-state index in [9.17, 15) is 10.1 Å². The van der Waals surface area contributed by atoms with Crippen LogP contribution in [0.25, 0.3) is 6.08 Å². The highest BCUT2D eigenvalue weighted by Crippen LogP contribution is 2.37. The van der Waals surface area contributed by atoms with Gasteiger partial charge in [0.2, 0.25) is 6.79 Å². The number of nitrogens with zero attached hydrogens (tertiary/aromatic N) is 1. The molecule has 0 spiro atoms. The molecule has 2 heterocycles. The first-order chi connectivity index (χ1) is 11.2. The van der Waals surface area contributed by atoms with Gasteiger partial charge in [0.25, 0.3) is 5.91 Å². The number of carbonyl (C=O) groups excluding carboxylic acids is 1. The first kappa shape index (κ1) is 15.7. The first-order valence-corrected chi connectivity index (χ1v) is 7.66. The molecule has 0 radical (unpaired) electrons. The van der Waals surface area contributed by atoms with Crippen LogP contribution in [0.5, 0.6) is 11.5 Å². The van der Waals surface area contributed by atoms with Gasteiger partial charge in [0.05, 0.1) is 11.1 Å². The molecule has 1 aromatic carbocycles. The lowest BCUT2D eigenvalue weighted by Crippen LogP contribution is -2.32. The molecule has 120 valence electrons. The fourth-order valence-corrected chi connectivity index (χ4v) is 2.66. The third kappa shape index (κ3) is 3.58. The Labute approximate surface area is 138 Å². The van der Waals surface area contributed by atoms with E-state index in [1.807, 2.05) is 6.07 Å². The van der Waals surface area contributed by atoms with Crippen molar-refractivity contribution >= 4 is 23.6 Å². The molecular formula is C16H15ClN2O4. The molecule has 1 saturated heterocycles. The molecule has 7 heteroatoms. The van der Waals surface area contributed by atoms with Gasteiger partial charge in [-0.1, -0.05) is 11.6 Å². The van der Waals surface area contributed by atoms with E-state index >= 15 is 0 Å². The number of carbonyl (C=O) groups is 1. The van der Waals surface area contributed by atoms with Crippen LogP contribution in [-0.2, 0) is 9.53 Å². The Morgan fingerprint density at radius 3 is 2.91 bits per heavy atom. The summed E-state index contributed by atoms with van der Waals surface area (Å²) in [6.07, 6.45) is 3.37. The van der Waals surface area contributed by atoms with Gasteiger partial charge in [-0.05, 0) is 30.5 Å². The van der Waals surface area contributed by atoms with Crippen molar-refractivity contribution < 1.29 is 19.0 Å². The topological polar surface area (TPSA) is 80.6 Å². The second kappa shape index (κ2) is 6.90. The number of nitrogens with one attached hydrogen (secondary N) is 1. The fourth-order valence-electron chi connectivity index (χ4n) is 2.45. The number of nitriles is 1. The van der Waals surface area contributed by atoms with E-state index in [1.54, 1.807) is 12.1 Å². The van der Waals surface area contributed by atoms with Crippen LogP contribution >= 0.6 is 11.6 Å². The fraction of sp³-hybridized carbons (Fsp3) is 0.375. The normalized spacial score (nSPS) is 19.5. The van der Waals surface area contributed by atoms with Crippen LogP contribution < -0.4 is 14.8 Å². The largest absolute Gasteiger partial charge is 0.454 e. The van der Waals surface area contributed by atoms with Crippen LogP contribution in [0, 0.1) is 11.3 Å². The van der Waals surface area contributed by atoms with Crippen LogP contribution in [0.2, 0.25) is 5.02 Å². The van der Waals surface area contributed by atoms with Gasteiger partial charge >= 0.3 is 0 Å². The van der Waals surface area contributed by atoms with Crippen LogP contribution in [0.4, 0.5) is 0 Å². The number of ether oxygens (including phenoxy) is 3. The molecule has 2 aliphatic rings. The molecule has 0 bridgehead atoms. The molecule has 0 aromatic heterocycles. The van der Waals surface area contributed by atoms with E-state index in [4.69, 9.17) is 25.8 Å². The van der Waals surface area contributed by atoms with Gasteiger partial charge in [0.1, 0.15) is 11.6 Å². The predicted molar refractivity (Wildman–Crippen MR) is 83.1 cm³/mol. The quantitative estimate of drug-likeness (QED) is 0.675. The second-order valence-electron chi connectivity index (χ2n) is 5.24. The minimum absolute atomic E-state index is 0.0213. The van der Waals surface area contributed by atoms with E-state index in [0.717, 1.165) is 12.8 Å². The Morgan fingerprint density at radius 1 is 1.43 bits per heavy atom. The highest BCUT2D eigenvalue weighted by atomic mass is 35.5. The number of halogens is 1. The number of rotatable bonds is 4. The number of amides is 1. The van der Waals surface area contributed by atoms with Crippen LogP contribution in [-0.4, -0.2) is 32.0 Å². The van der Waals surface area contributed by atoms with Gasteiger partial charge in [-0.3, -0.25) is 4.79 Å². The van der Waals surface area contributed by atoms with Crippen LogP contribution in [0.1, 0.15) is 18.4 Å². The van der Waals surface area contributed by atoms with E-state index in [2.05, 4.69) is 5.32 Å². The summed E-state index contributed by atoms with van der Waals surface area (Å²) in [5, 5.41) is 12.3. The van der Waals surface area contributed by atoms with Gasteiger partial charge in [0.15, 0.2) is 11.5 Å². The Morgan fingerprint density at radius 2 is 2.22 bits per heavy atom. The summed E-state index contributed by atoms with van der Waals surface area (Å²) in [7, 11) is 0. The van der Waals surface area contributed by atoms with E-state index < -0.39 is 5.91 Å². The lowest BCUT2D eigenvalue weighted by molar-refractivity contribution is -0.117. The summed E-state index contributed by atoms with van der Waals surface area (Å²) in [6.45, 7) is 1.24. The molecule has 0 saturated carbocycles. The first-order valence-electron chi connectivity index (χ1n) is 7.28. The summed E-state index contributed by atoms with van der Waals surface area (Å²) in [6, 6.07) is 5.15. The molecule has 6 nitrogen and oxygen atoms in total. The van der Waals surface area contributed by atoms with Crippen molar-refractivity contribution in [3.8, 4) is 17.6 Å². The number of fused-ring (bicyclic) bond motifs is 1. The highest BCUT2D eigenvalue weighted by molar-refractivity contribution is 6.32. The van der Waals surface area contributed by atoms with Crippen LogP contribution in [0.3, 0.4) is 0 Å². The van der Waals surface area contributed by atoms with Gasteiger partial charge in [-0.2, -0.15) is 5.26 Å². The van der Waals surface area contributed by atoms with Gasteiger partial charge in [-0.25, -0.2) is 0 Å². The van der Waals surface area contributed by atoms with Crippen molar-refractivity contribution in [3.63, 3.8) is 0 Å². The zero-order valence-corrected chi connectivity index (χ0v) is 13.1. The number of hydrogen-bond acceptors (Lipinski definition) is 5. The zero-order valence-electron chi connectivity index (χ0n) is 12.3. The van der Waals surface area contributed by atoms with Gasteiger partial charge in [0, 0.05) is 19.2 Å². The minimum atomic E-state index is -0.447. The minimum Gasteiger partial charge on any atom is -0.454 e. The van der Waals surface area contributed by atoms with Crippen molar-refractivity contribution in [1.82, 2.24) is 5.32 Å². The second-order valence-corrected chi connectivity index (χ2v) is 5.65. The average Bonchev–Trinajstić information content (AvgIpc) is 3.21. The molecule has 23 heavy (non-hydrogen) atoms. The molecule has 2 aliphatic heterocycles. The number of benzene rings is 1. The maximum Gasteiger partial charge on any atom is 0.262 e. The maximum atomic E-state index is 12.1. The molecule has 1 fully saturated rings. The summed E-state index contributed by atoms with van der Waals surface area (Å²) >= 11 is 6.15. The van der Waals surface area contributed by atoms with Crippen LogP contribution in [0.15, 0.2) is 17.7 Å². The van der Waals surface area contributed by atoms with E-state index in [1.165, 1.54) is 6.08 Å². The summed E-state index contributed by atoms with van der Waals surface area (Å²) < 4.78 is 15.9. The molecule has 1 amide bonds. The highest BCUT2D eigenvalue weighted by Gasteiger charge is 2.19. The Kier molecular flexibility index (Phi) is 4.70. The molecule has 0 unspecified atom stereocenters. The smallest absolute Gasteiger partial charge is 0.262 e. The standard InChI is InChI=1S/C16H15ClN2O4/c17-13-6-15-14(22-9-23-15)5-10(13)4-11(7-18)16(20)19-8-12-2-1-3-21-12/h4-6,12H,1-3,8-9H2,(H,19,20)/b11-4-/t12-/m1/s1. The molecule has 1 atom stereocenters. The lowest BCUT2D eigenvalue weighted by atomic mass is 10.1. The Bertz CT molecular complexity index is 690. The van der Waals surface area contributed by atoms with E-state index in [-0.39, 0.29) is 18.5 Å². The third-order valence-corrected chi connectivity index (χ3v) is 4.00. The zero-order chi connectivity index (χ0) is 16.2. The van der Waals surface area contributed by atoms with Crippen molar-refractivity contribution in [1.29, 1.82) is 5.26 Å². The van der Waals surface area contributed by atoms with Crippen molar-refractivity contribution in [2.75, 3.05) is 19.9 Å². The summed E-state index contributed by atoms with van der Waals surface area (Å²) in [4.78, 5) is 12.1. The summed E-state index contributed by atoms with van der Waals surface area (Å²) in [5.74, 6) is 0.642. The predicted octanol–water partition coefficient (Wildman–Crippen LogP) is 2.27. The van der Waals surface area contributed by atoms with Gasteiger partial charge < -0.3 is 19.5 Å². The molecule has 3 rings (SSSR count). The number of hydrogen-bond donors (Lipinski definition) is 1. The van der Waals surface area contributed by atoms with E-state index in [0.29, 0.717) is 35.2 Å². The molecule has 0 aliphatic carbocycles. The lowest BCUT2D eigenvalue weighted by Gasteiger charge is -2.10. The average molecular weight is 335 g/mol. The monoisotopic (exact) mass is 334 g/mol.